The maximum absolute atomic E-state index is 12.2. The minimum Gasteiger partial charge on any atom is -0.508 e. The maximum atomic E-state index is 12.2. The van der Waals surface area contributed by atoms with Crippen molar-refractivity contribution in [2.75, 3.05) is 0 Å². The van der Waals surface area contributed by atoms with Crippen molar-refractivity contribution in [3.05, 3.63) is 65.7 Å². The van der Waals surface area contributed by atoms with Crippen LogP contribution in [0, 0.1) is 0 Å². The molecule has 0 saturated heterocycles. The minimum atomic E-state index is -0.862. The van der Waals surface area contributed by atoms with E-state index in [4.69, 9.17) is 0 Å². The first-order chi connectivity index (χ1) is 12.0. The summed E-state index contributed by atoms with van der Waals surface area (Å²) in [5.74, 6) is 0.274. The van der Waals surface area contributed by atoms with Crippen LogP contribution in [0.25, 0.3) is 0 Å². The summed E-state index contributed by atoms with van der Waals surface area (Å²) in [6, 6.07) is 16.9. The zero-order valence-corrected chi connectivity index (χ0v) is 14.3. The third kappa shape index (κ3) is 4.60. The van der Waals surface area contributed by atoms with E-state index in [0.29, 0.717) is 19.3 Å². The normalized spacial score (nSPS) is 23.2. The van der Waals surface area contributed by atoms with Gasteiger partial charge in [-0.1, -0.05) is 42.5 Å². The van der Waals surface area contributed by atoms with Crippen LogP contribution in [0.1, 0.15) is 43.2 Å². The van der Waals surface area contributed by atoms with Gasteiger partial charge in [0.1, 0.15) is 5.75 Å². The molecule has 1 aliphatic carbocycles. The number of phenols is 1. The van der Waals surface area contributed by atoms with Crippen molar-refractivity contribution in [1.29, 1.82) is 0 Å². The van der Waals surface area contributed by atoms with E-state index in [2.05, 4.69) is 5.32 Å². The van der Waals surface area contributed by atoms with Gasteiger partial charge in [0.05, 0.1) is 5.60 Å². The van der Waals surface area contributed by atoms with Crippen LogP contribution in [0.15, 0.2) is 54.6 Å². The van der Waals surface area contributed by atoms with Crippen LogP contribution in [0.3, 0.4) is 0 Å². The highest BCUT2D eigenvalue weighted by atomic mass is 16.3. The van der Waals surface area contributed by atoms with Crippen molar-refractivity contribution in [2.45, 2.75) is 50.2 Å². The fraction of sp³-hybridized carbons (Fsp3) is 0.381. The number of nitrogens with one attached hydrogen (secondary N) is 1. The molecule has 1 fully saturated rings. The summed E-state index contributed by atoms with van der Waals surface area (Å²) >= 11 is 0. The van der Waals surface area contributed by atoms with E-state index in [-0.39, 0.29) is 17.7 Å². The van der Waals surface area contributed by atoms with E-state index in [0.717, 1.165) is 24.8 Å². The van der Waals surface area contributed by atoms with Crippen molar-refractivity contribution in [3.8, 4) is 5.75 Å². The molecule has 132 valence electrons. The lowest BCUT2D eigenvalue weighted by molar-refractivity contribution is -0.122. The van der Waals surface area contributed by atoms with Crippen LogP contribution in [0.2, 0.25) is 0 Å². The van der Waals surface area contributed by atoms with Gasteiger partial charge in [-0.2, -0.15) is 0 Å². The second-order valence-electron chi connectivity index (χ2n) is 6.91. The van der Waals surface area contributed by atoms with Gasteiger partial charge in [0.15, 0.2) is 0 Å². The largest absolute Gasteiger partial charge is 0.508 e. The van der Waals surface area contributed by atoms with Crippen molar-refractivity contribution in [2.24, 2.45) is 0 Å². The Kier molecular flexibility index (Phi) is 5.39. The molecule has 0 aromatic heterocycles. The predicted octanol–water partition coefficient (Wildman–Crippen LogP) is 3.27. The highest BCUT2D eigenvalue weighted by Crippen LogP contribution is 2.37. The smallest absolute Gasteiger partial charge is 0.220 e. The molecule has 4 nitrogen and oxygen atoms in total. The molecule has 0 radical (unpaired) electrons. The Balaban J connectivity index is 1.47. The van der Waals surface area contributed by atoms with Crippen LogP contribution >= 0.6 is 0 Å². The van der Waals surface area contributed by atoms with E-state index < -0.39 is 5.60 Å². The lowest BCUT2D eigenvalue weighted by Gasteiger charge is -2.36. The molecule has 2 aromatic rings. The molecule has 0 heterocycles. The van der Waals surface area contributed by atoms with Crippen LogP contribution < -0.4 is 5.32 Å². The number of hydrogen-bond acceptors (Lipinski definition) is 3. The molecule has 4 heteroatoms. The molecule has 25 heavy (non-hydrogen) atoms. The predicted molar refractivity (Wildman–Crippen MR) is 97.2 cm³/mol. The maximum Gasteiger partial charge on any atom is 0.220 e. The summed E-state index contributed by atoms with van der Waals surface area (Å²) in [6.07, 6.45) is 3.98. The Morgan fingerprint density at radius 3 is 2.32 bits per heavy atom. The lowest BCUT2D eigenvalue weighted by Crippen LogP contribution is -2.42. The Labute approximate surface area is 148 Å². The van der Waals surface area contributed by atoms with Crippen LogP contribution in [-0.4, -0.2) is 22.2 Å². The van der Waals surface area contributed by atoms with E-state index in [1.807, 2.05) is 30.3 Å². The molecule has 0 unspecified atom stereocenters. The zero-order chi connectivity index (χ0) is 17.7. The van der Waals surface area contributed by atoms with Gasteiger partial charge in [0.2, 0.25) is 5.91 Å². The van der Waals surface area contributed by atoms with Crippen LogP contribution in [-0.2, 0) is 16.8 Å². The average molecular weight is 339 g/mol. The van der Waals surface area contributed by atoms with Gasteiger partial charge >= 0.3 is 0 Å². The number of hydrogen-bond donors (Lipinski definition) is 3. The quantitative estimate of drug-likeness (QED) is 0.783. The Hall–Kier alpha value is -2.33. The van der Waals surface area contributed by atoms with E-state index in [1.165, 1.54) is 5.56 Å². The fourth-order valence-corrected chi connectivity index (χ4v) is 3.50. The molecule has 3 N–H and O–H groups in total. The molecule has 0 aliphatic heterocycles. The zero-order valence-electron chi connectivity index (χ0n) is 14.3. The summed E-state index contributed by atoms with van der Waals surface area (Å²) in [5.41, 5.74) is 1.14. The first kappa shape index (κ1) is 17.5. The molecular formula is C21H25NO3. The second kappa shape index (κ2) is 7.70. The molecular weight excluding hydrogens is 314 g/mol. The molecule has 0 spiro atoms. The highest BCUT2D eigenvalue weighted by Gasteiger charge is 2.35. The number of aliphatic hydroxyl groups is 1. The third-order valence-corrected chi connectivity index (χ3v) is 5.07. The monoisotopic (exact) mass is 339 g/mol. The van der Waals surface area contributed by atoms with Gasteiger partial charge in [0, 0.05) is 12.5 Å². The SMILES string of the molecule is O=C(CCc1ccccc1)NC1CCC(O)(c2ccc(O)cc2)CC1. The topological polar surface area (TPSA) is 69.6 Å². The van der Waals surface area contributed by atoms with Crippen molar-refractivity contribution in [3.63, 3.8) is 0 Å². The van der Waals surface area contributed by atoms with E-state index >= 15 is 0 Å². The third-order valence-electron chi connectivity index (χ3n) is 5.07. The Morgan fingerprint density at radius 2 is 1.68 bits per heavy atom. The molecule has 2 aromatic carbocycles. The number of aromatic hydroxyl groups is 1. The van der Waals surface area contributed by atoms with Crippen molar-refractivity contribution in [1.82, 2.24) is 5.32 Å². The Morgan fingerprint density at radius 1 is 1.04 bits per heavy atom. The summed E-state index contributed by atoms with van der Waals surface area (Å²) in [6.45, 7) is 0. The average Bonchev–Trinajstić information content (AvgIpc) is 2.63. The first-order valence-corrected chi connectivity index (χ1v) is 8.90. The van der Waals surface area contributed by atoms with Crippen molar-refractivity contribution >= 4 is 5.91 Å². The second-order valence-corrected chi connectivity index (χ2v) is 6.91. The lowest BCUT2D eigenvalue weighted by atomic mass is 9.77. The van der Waals surface area contributed by atoms with Crippen LogP contribution in [0.4, 0.5) is 0 Å². The molecule has 0 bridgehead atoms. The number of benzene rings is 2. The highest BCUT2D eigenvalue weighted by molar-refractivity contribution is 5.76. The summed E-state index contributed by atoms with van der Waals surface area (Å²) in [7, 11) is 0. The number of rotatable bonds is 5. The summed E-state index contributed by atoms with van der Waals surface area (Å²) in [4.78, 5) is 12.2. The Bertz CT molecular complexity index is 689. The van der Waals surface area contributed by atoms with Gasteiger partial charge < -0.3 is 15.5 Å². The van der Waals surface area contributed by atoms with Gasteiger partial charge in [-0.15, -0.1) is 0 Å². The van der Waals surface area contributed by atoms with Crippen molar-refractivity contribution < 1.29 is 15.0 Å². The van der Waals surface area contributed by atoms with E-state index in [1.54, 1.807) is 24.3 Å². The number of amides is 1. The molecule has 0 atom stereocenters. The molecule has 1 amide bonds. The summed E-state index contributed by atoms with van der Waals surface area (Å²) in [5, 5.41) is 23.3. The number of carbonyl (C=O) groups is 1. The fourth-order valence-electron chi connectivity index (χ4n) is 3.50. The molecule has 3 rings (SSSR count). The first-order valence-electron chi connectivity index (χ1n) is 8.90. The van der Waals surface area contributed by atoms with Gasteiger partial charge in [0.25, 0.3) is 0 Å². The van der Waals surface area contributed by atoms with Gasteiger partial charge in [-0.3, -0.25) is 4.79 Å². The number of carbonyl (C=O) groups excluding carboxylic acids is 1. The standard InChI is InChI=1S/C21H25NO3/c23-19-9-7-17(8-10-19)21(25)14-12-18(13-15-21)22-20(24)11-6-16-4-2-1-3-5-16/h1-5,7-10,18,23,25H,6,11-15H2,(H,22,24). The van der Waals surface area contributed by atoms with E-state index in [9.17, 15) is 15.0 Å². The van der Waals surface area contributed by atoms with Gasteiger partial charge in [-0.25, -0.2) is 0 Å². The molecule has 1 aliphatic rings. The van der Waals surface area contributed by atoms with Crippen LogP contribution in [0.5, 0.6) is 5.75 Å². The molecule has 1 saturated carbocycles. The minimum absolute atomic E-state index is 0.0731. The summed E-state index contributed by atoms with van der Waals surface area (Å²) < 4.78 is 0. The number of aryl methyl sites for hydroxylation is 1. The number of phenolic OH excluding ortho intramolecular Hbond substituents is 1. The van der Waals surface area contributed by atoms with Gasteiger partial charge in [-0.05, 0) is 55.4 Å².